The van der Waals surface area contributed by atoms with Gasteiger partial charge in [0, 0.05) is 39.5 Å². The van der Waals surface area contributed by atoms with Gasteiger partial charge in [-0.3, -0.25) is 0 Å². The molecule has 0 N–H and O–H groups in total. The summed E-state index contributed by atoms with van der Waals surface area (Å²) in [4.78, 5) is 5.05. The van der Waals surface area contributed by atoms with E-state index in [0.29, 0.717) is 17.8 Å². The molecule has 0 saturated heterocycles. The molecule has 2 heteroatoms. The normalized spacial score (nSPS) is 16.1. The van der Waals surface area contributed by atoms with Crippen molar-refractivity contribution < 1.29 is 0 Å². The van der Waals surface area contributed by atoms with Crippen molar-refractivity contribution in [3.63, 3.8) is 0 Å². The van der Waals surface area contributed by atoms with Crippen molar-refractivity contribution in [2.75, 3.05) is 9.80 Å². The van der Waals surface area contributed by atoms with Crippen LogP contribution in [0.5, 0.6) is 0 Å². The number of allylic oxidation sites excluding steroid dienone is 4. The van der Waals surface area contributed by atoms with Crippen molar-refractivity contribution >= 4 is 104 Å². The summed E-state index contributed by atoms with van der Waals surface area (Å²) in [6, 6.07) is 115. The zero-order valence-corrected chi connectivity index (χ0v) is 56.4. The molecule has 2 saturated carbocycles. The van der Waals surface area contributed by atoms with E-state index in [1.165, 1.54) is 201 Å². The molecule has 2 unspecified atom stereocenters. The summed E-state index contributed by atoms with van der Waals surface area (Å²) < 4.78 is 0. The Hall–Kier alpha value is -11.1. The standard InChI is InChI=1S/C97H80N2/c1-65-59-77(85-40-18-31-67-28-10-12-36-84(67)85)53-58-83(65)71-50-54-80(55-51-71)98(81-56-49-66-23-8-9-30-73(66)62-81)94-44-16-14-38-88(94)91-43-21-35-78-61-79(64-92(97(78)91)70-26-6-3-7-27-70)75-47-48-76-63-82(57-52-74(76)60-75)99(93-46-22-32-68-29-11-13-37-86(68)93)95-45-17-15-39-89(95)90-42-20-34-72-33-19-41-87(96(72)90)69-24-4-2-5-25-69/h8-23,28-65,69-70,83H,2-7,24-27H2,1H3. The molecule has 15 aromatic carbocycles. The van der Waals surface area contributed by atoms with Gasteiger partial charge in [0.25, 0.3) is 0 Å². The SMILES string of the molecule is CC1C=C(c2cccc3ccccc23)C=CC1c1ccc(N(c2ccc3ccccc3c2)c2ccccc2-c2cccc3cc(-c4ccc5cc(N(c6ccccc6-c6cccc7cccc(C8CCCCC8)c67)c6cccc7ccccc67)ccc5c4)cc(C4CCCCC4)c23)cc1. The van der Waals surface area contributed by atoms with E-state index >= 15 is 0 Å². The van der Waals surface area contributed by atoms with Crippen LogP contribution in [0.4, 0.5) is 34.1 Å². The predicted molar refractivity (Wildman–Crippen MR) is 424 cm³/mol. The Kier molecular flexibility index (Phi) is 15.9. The smallest absolute Gasteiger partial charge is 0.0540 e. The molecule has 99 heavy (non-hydrogen) atoms. The van der Waals surface area contributed by atoms with Crippen LogP contribution in [-0.4, -0.2) is 0 Å². The lowest BCUT2D eigenvalue weighted by Gasteiger charge is -2.30. The van der Waals surface area contributed by atoms with E-state index in [1.54, 1.807) is 0 Å². The number of hydrogen-bond acceptors (Lipinski definition) is 2. The molecule has 0 amide bonds. The van der Waals surface area contributed by atoms with Crippen molar-refractivity contribution in [1.82, 2.24) is 0 Å². The zero-order chi connectivity index (χ0) is 65.8. The van der Waals surface area contributed by atoms with Crippen molar-refractivity contribution in [1.29, 1.82) is 0 Å². The summed E-state index contributed by atoms with van der Waals surface area (Å²) in [5, 5.41) is 15.3. The highest BCUT2D eigenvalue weighted by Crippen LogP contribution is 2.51. The molecule has 15 aromatic rings. The lowest BCUT2D eigenvalue weighted by atomic mass is 9.79. The fraction of sp³-hybridized carbons (Fsp3) is 0.155. The number of hydrogen-bond donors (Lipinski definition) is 0. The van der Waals surface area contributed by atoms with Gasteiger partial charge in [-0.1, -0.05) is 300 Å². The molecule has 3 aliphatic carbocycles. The van der Waals surface area contributed by atoms with E-state index in [2.05, 4.69) is 338 Å². The van der Waals surface area contributed by atoms with Crippen LogP contribution in [0, 0.1) is 5.92 Å². The lowest BCUT2D eigenvalue weighted by molar-refractivity contribution is 0.445. The van der Waals surface area contributed by atoms with Gasteiger partial charge >= 0.3 is 0 Å². The van der Waals surface area contributed by atoms with E-state index in [0.717, 1.165) is 22.7 Å². The summed E-state index contributed by atoms with van der Waals surface area (Å²) in [7, 11) is 0. The third-order valence-corrected chi connectivity index (χ3v) is 22.4. The second kappa shape index (κ2) is 26.1. The molecule has 0 aromatic heterocycles. The molecule has 0 bridgehead atoms. The summed E-state index contributed by atoms with van der Waals surface area (Å²) in [6.45, 7) is 2.37. The van der Waals surface area contributed by atoms with Crippen LogP contribution in [-0.2, 0) is 0 Å². The minimum Gasteiger partial charge on any atom is -0.310 e. The maximum Gasteiger partial charge on any atom is 0.0540 e. The van der Waals surface area contributed by atoms with Crippen molar-refractivity contribution in [3.05, 3.63) is 344 Å². The minimum absolute atomic E-state index is 0.258. The molecule has 0 radical (unpaired) electrons. The number of fused-ring (bicyclic) bond motifs is 6. The van der Waals surface area contributed by atoms with Crippen molar-refractivity contribution in [2.24, 2.45) is 5.92 Å². The first-order valence-electron chi connectivity index (χ1n) is 36.4. The quantitative estimate of drug-likeness (QED) is 0.114. The molecular formula is C97H80N2. The van der Waals surface area contributed by atoms with Gasteiger partial charge in [-0.2, -0.15) is 0 Å². The lowest BCUT2D eigenvalue weighted by Crippen LogP contribution is -2.13. The van der Waals surface area contributed by atoms with Gasteiger partial charge in [0.05, 0.1) is 17.1 Å². The summed E-state index contributed by atoms with van der Waals surface area (Å²) in [5.41, 5.74) is 21.4. The van der Waals surface area contributed by atoms with E-state index < -0.39 is 0 Å². The highest BCUT2D eigenvalue weighted by atomic mass is 15.2. The van der Waals surface area contributed by atoms with Gasteiger partial charge in [-0.25, -0.2) is 0 Å². The maximum atomic E-state index is 2.59. The van der Waals surface area contributed by atoms with Crippen LogP contribution >= 0.6 is 0 Å². The first kappa shape index (κ1) is 60.4. The van der Waals surface area contributed by atoms with Crippen molar-refractivity contribution in [2.45, 2.75) is 88.9 Å². The summed E-state index contributed by atoms with van der Waals surface area (Å²) in [6.07, 6.45) is 19.9. The Balaban J connectivity index is 0.727. The van der Waals surface area contributed by atoms with Crippen LogP contribution in [0.25, 0.3) is 104 Å². The van der Waals surface area contributed by atoms with Crippen LogP contribution in [0.1, 0.15) is 111 Å². The molecular weight excluding hydrogens is 1190 g/mol. The second-order valence-corrected chi connectivity index (χ2v) is 28.4. The van der Waals surface area contributed by atoms with E-state index in [1.807, 2.05) is 0 Å². The molecule has 0 aliphatic heterocycles. The fourth-order valence-electron chi connectivity index (χ4n) is 17.6. The zero-order valence-electron chi connectivity index (χ0n) is 56.4. The molecule has 3 aliphatic rings. The van der Waals surface area contributed by atoms with Gasteiger partial charge < -0.3 is 9.80 Å². The molecule has 0 heterocycles. The number of rotatable bonds is 13. The number of nitrogens with zero attached hydrogens (tertiary/aromatic N) is 2. The monoisotopic (exact) mass is 1270 g/mol. The summed E-state index contributed by atoms with van der Waals surface area (Å²) >= 11 is 0. The number of anilines is 6. The molecule has 478 valence electrons. The highest BCUT2D eigenvalue weighted by molar-refractivity contribution is 6.09. The van der Waals surface area contributed by atoms with Crippen molar-refractivity contribution in [3.8, 4) is 33.4 Å². The Bertz CT molecular complexity index is 5620. The van der Waals surface area contributed by atoms with Crippen LogP contribution < -0.4 is 9.80 Å². The van der Waals surface area contributed by atoms with Crippen LogP contribution in [0.15, 0.2) is 322 Å². The first-order chi connectivity index (χ1) is 49.0. The third kappa shape index (κ3) is 11.3. The average Bonchev–Trinajstić information content (AvgIpc) is 0.755. The molecule has 18 rings (SSSR count). The van der Waals surface area contributed by atoms with Gasteiger partial charge in [0.1, 0.15) is 0 Å². The Morgan fingerprint density at radius 2 is 0.758 bits per heavy atom. The summed E-state index contributed by atoms with van der Waals surface area (Å²) in [5.74, 6) is 1.60. The van der Waals surface area contributed by atoms with E-state index in [9.17, 15) is 0 Å². The Morgan fingerprint density at radius 3 is 1.46 bits per heavy atom. The second-order valence-electron chi connectivity index (χ2n) is 28.4. The molecule has 0 spiro atoms. The largest absolute Gasteiger partial charge is 0.310 e. The Morgan fingerprint density at radius 1 is 0.293 bits per heavy atom. The van der Waals surface area contributed by atoms with Crippen LogP contribution in [0.3, 0.4) is 0 Å². The molecule has 2 fully saturated rings. The topological polar surface area (TPSA) is 6.48 Å². The van der Waals surface area contributed by atoms with Gasteiger partial charge in [-0.05, 0) is 219 Å². The highest BCUT2D eigenvalue weighted by Gasteiger charge is 2.28. The first-order valence-corrected chi connectivity index (χ1v) is 36.4. The van der Waals surface area contributed by atoms with Gasteiger partial charge in [0.2, 0.25) is 0 Å². The van der Waals surface area contributed by atoms with Gasteiger partial charge in [-0.15, -0.1) is 0 Å². The molecule has 2 atom stereocenters. The maximum absolute atomic E-state index is 2.59. The van der Waals surface area contributed by atoms with E-state index in [4.69, 9.17) is 0 Å². The van der Waals surface area contributed by atoms with Gasteiger partial charge in [0.15, 0.2) is 0 Å². The van der Waals surface area contributed by atoms with E-state index in [-0.39, 0.29) is 5.92 Å². The fourth-order valence-corrected chi connectivity index (χ4v) is 17.6. The van der Waals surface area contributed by atoms with Crippen LogP contribution in [0.2, 0.25) is 0 Å². The molecule has 2 nitrogen and oxygen atoms in total. The minimum atomic E-state index is 0.258. The Labute approximate surface area is 582 Å². The predicted octanol–water partition coefficient (Wildman–Crippen LogP) is 28.0. The average molecular weight is 1270 g/mol. The third-order valence-electron chi connectivity index (χ3n) is 22.4. The number of benzene rings is 15. The number of para-hydroxylation sites is 2.